The van der Waals surface area contributed by atoms with Gasteiger partial charge >= 0.3 is 0 Å². The molecule has 0 aliphatic carbocycles. The van der Waals surface area contributed by atoms with E-state index in [0.29, 0.717) is 5.02 Å². The normalized spacial score (nSPS) is 12.2. The SMILES string of the molecule is Cc1ccc(C(C)Oc2ccccc2Cl)cc1. The van der Waals surface area contributed by atoms with Crippen LogP contribution in [0.1, 0.15) is 24.2 Å². The molecule has 2 heteroatoms. The Bertz CT molecular complexity index is 491. The van der Waals surface area contributed by atoms with Crippen molar-refractivity contribution in [2.24, 2.45) is 0 Å². The largest absolute Gasteiger partial charge is 0.484 e. The number of aryl methyl sites for hydroxylation is 1. The van der Waals surface area contributed by atoms with Crippen LogP contribution in [-0.4, -0.2) is 0 Å². The van der Waals surface area contributed by atoms with E-state index < -0.39 is 0 Å². The molecule has 0 aliphatic rings. The van der Waals surface area contributed by atoms with Gasteiger partial charge in [-0.2, -0.15) is 0 Å². The zero-order chi connectivity index (χ0) is 12.3. The molecule has 17 heavy (non-hydrogen) atoms. The third kappa shape index (κ3) is 3.01. The highest BCUT2D eigenvalue weighted by Crippen LogP contribution is 2.28. The van der Waals surface area contributed by atoms with Gasteiger partial charge in [-0.15, -0.1) is 0 Å². The van der Waals surface area contributed by atoms with E-state index in [1.807, 2.05) is 31.2 Å². The highest BCUT2D eigenvalue weighted by Gasteiger charge is 2.08. The van der Waals surface area contributed by atoms with Crippen molar-refractivity contribution in [1.29, 1.82) is 0 Å². The molecule has 0 saturated carbocycles. The molecular weight excluding hydrogens is 232 g/mol. The maximum atomic E-state index is 6.06. The average molecular weight is 247 g/mol. The topological polar surface area (TPSA) is 9.23 Å². The van der Waals surface area contributed by atoms with Crippen molar-refractivity contribution in [2.75, 3.05) is 0 Å². The highest BCUT2D eigenvalue weighted by molar-refractivity contribution is 6.32. The molecule has 2 rings (SSSR count). The van der Waals surface area contributed by atoms with Crippen LogP contribution in [0.5, 0.6) is 5.75 Å². The van der Waals surface area contributed by atoms with Crippen LogP contribution < -0.4 is 4.74 Å². The fourth-order valence-corrected chi connectivity index (χ4v) is 1.82. The number of benzene rings is 2. The number of para-hydroxylation sites is 1. The zero-order valence-corrected chi connectivity index (χ0v) is 10.7. The van der Waals surface area contributed by atoms with Crippen molar-refractivity contribution >= 4 is 11.6 Å². The third-order valence-electron chi connectivity index (χ3n) is 2.69. The van der Waals surface area contributed by atoms with Gasteiger partial charge in [0.15, 0.2) is 0 Å². The quantitative estimate of drug-likeness (QED) is 0.757. The number of rotatable bonds is 3. The number of hydrogen-bond donors (Lipinski definition) is 0. The van der Waals surface area contributed by atoms with Crippen LogP contribution >= 0.6 is 11.6 Å². The minimum absolute atomic E-state index is 0.00417. The molecule has 0 aliphatic heterocycles. The summed E-state index contributed by atoms with van der Waals surface area (Å²) in [6.07, 6.45) is -0.00417. The van der Waals surface area contributed by atoms with Gasteiger partial charge in [0.05, 0.1) is 5.02 Å². The molecule has 1 nitrogen and oxygen atoms in total. The standard InChI is InChI=1S/C15H15ClO/c1-11-7-9-13(10-8-11)12(2)17-15-6-4-3-5-14(15)16/h3-10,12H,1-2H3. The summed E-state index contributed by atoms with van der Waals surface area (Å²) in [7, 11) is 0. The van der Waals surface area contributed by atoms with E-state index in [4.69, 9.17) is 16.3 Å². The Morgan fingerprint density at radius 1 is 1.00 bits per heavy atom. The number of halogens is 1. The first-order valence-electron chi connectivity index (χ1n) is 5.64. The van der Waals surface area contributed by atoms with Gasteiger partial charge in [0.2, 0.25) is 0 Å². The molecule has 88 valence electrons. The van der Waals surface area contributed by atoms with Crippen molar-refractivity contribution in [3.05, 3.63) is 64.7 Å². The molecule has 1 atom stereocenters. The van der Waals surface area contributed by atoms with Crippen molar-refractivity contribution in [3.63, 3.8) is 0 Å². The molecular formula is C15H15ClO. The van der Waals surface area contributed by atoms with Crippen molar-refractivity contribution < 1.29 is 4.74 Å². The smallest absolute Gasteiger partial charge is 0.138 e. The highest BCUT2D eigenvalue weighted by atomic mass is 35.5. The summed E-state index contributed by atoms with van der Waals surface area (Å²) in [6, 6.07) is 15.9. The molecule has 0 fully saturated rings. The third-order valence-corrected chi connectivity index (χ3v) is 3.00. The van der Waals surface area contributed by atoms with Gasteiger partial charge < -0.3 is 4.74 Å². The van der Waals surface area contributed by atoms with Crippen LogP contribution in [0.15, 0.2) is 48.5 Å². The summed E-state index contributed by atoms with van der Waals surface area (Å²) >= 11 is 6.06. The van der Waals surface area contributed by atoms with E-state index in [9.17, 15) is 0 Å². The number of ether oxygens (including phenoxy) is 1. The van der Waals surface area contributed by atoms with E-state index >= 15 is 0 Å². The van der Waals surface area contributed by atoms with Crippen LogP contribution in [0.4, 0.5) is 0 Å². The van der Waals surface area contributed by atoms with Crippen LogP contribution in [0.25, 0.3) is 0 Å². The van der Waals surface area contributed by atoms with Gasteiger partial charge in [-0.1, -0.05) is 53.6 Å². The van der Waals surface area contributed by atoms with Crippen LogP contribution in [0.3, 0.4) is 0 Å². The van der Waals surface area contributed by atoms with Gasteiger partial charge in [-0.3, -0.25) is 0 Å². The maximum absolute atomic E-state index is 6.06. The minimum Gasteiger partial charge on any atom is -0.484 e. The monoisotopic (exact) mass is 246 g/mol. The average Bonchev–Trinajstić information content (AvgIpc) is 2.33. The van der Waals surface area contributed by atoms with Crippen molar-refractivity contribution in [2.45, 2.75) is 20.0 Å². The Morgan fingerprint density at radius 3 is 2.29 bits per heavy atom. The lowest BCUT2D eigenvalue weighted by Crippen LogP contribution is -2.03. The fraction of sp³-hybridized carbons (Fsp3) is 0.200. The Balaban J connectivity index is 2.14. The first-order valence-corrected chi connectivity index (χ1v) is 6.02. The molecule has 1 unspecified atom stereocenters. The van der Waals surface area contributed by atoms with E-state index in [2.05, 4.69) is 31.2 Å². The van der Waals surface area contributed by atoms with Crippen LogP contribution in [-0.2, 0) is 0 Å². The fourth-order valence-electron chi connectivity index (χ4n) is 1.64. The molecule has 0 aromatic heterocycles. The molecule has 0 heterocycles. The van der Waals surface area contributed by atoms with Crippen LogP contribution in [0.2, 0.25) is 5.02 Å². The molecule has 2 aromatic carbocycles. The summed E-state index contributed by atoms with van der Waals surface area (Å²) in [5, 5.41) is 0.645. The maximum Gasteiger partial charge on any atom is 0.138 e. The molecule has 0 amide bonds. The number of hydrogen-bond acceptors (Lipinski definition) is 1. The van der Waals surface area contributed by atoms with E-state index in [1.54, 1.807) is 0 Å². The molecule has 0 saturated heterocycles. The predicted octanol–water partition coefficient (Wildman–Crippen LogP) is 4.79. The molecule has 0 N–H and O–H groups in total. The van der Waals surface area contributed by atoms with E-state index in [1.165, 1.54) is 5.56 Å². The van der Waals surface area contributed by atoms with Gasteiger partial charge in [0.1, 0.15) is 11.9 Å². The van der Waals surface area contributed by atoms with E-state index in [0.717, 1.165) is 11.3 Å². The summed E-state index contributed by atoms with van der Waals surface area (Å²) in [6.45, 7) is 4.09. The lowest BCUT2D eigenvalue weighted by atomic mass is 10.1. The lowest BCUT2D eigenvalue weighted by Gasteiger charge is -2.16. The van der Waals surface area contributed by atoms with Gasteiger partial charge in [-0.25, -0.2) is 0 Å². The van der Waals surface area contributed by atoms with Gasteiger partial charge in [-0.05, 0) is 31.5 Å². The second-order valence-corrected chi connectivity index (χ2v) is 4.51. The summed E-state index contributed by atoms with van der Waals surface area (Å²) in [5.74, 6) is 0.724. The first-order chi connectivity index (χ1) is 8.16. The Labute approximate surface area is 107 Å². The molecule has 0 radical (unpaired) electrons. The van der Waals surface area contributed by atoms with Crippen molar-refractivity contribution in [3.8, 4) is 5.75 Å². The Kier molecular flexibility index (Phi) is 3.70. The van der Waals surface area contributed by atoms with Crippen LogP contribution in [0, 0.1) is 6.92 Å². The summed E-state index contributed by atoms with van der Waals surface area (Å²) in [4.78, 5) is 0. The summed E-state index contributed by atoms with van der Waals surface area (Å²) < 4.78 is 5.84. The first kappa shape index (κ1) is 12.0. The predicted molar refractivity (Wildman–Crippen MR) is 71.7 cm³/mol. The molecule has 0 spiro atoms. The Hall–Kier alpha value is -1.47. The second-order valence-electron chi connectivity index (χ2n) is 4.10. The lowest BCUT2D eigenvalue weighted by molar-refractivity contribution is 0.227. The van der Waals surface area contributed by atoms with Gasteiger partial charge in [0, 0.05) is 0 Å². The van der Waals surface area contributed by atoms with Gasteiger partial charge in [0.25, 0.3) is 0 Å². The Morgan fingerprint density at radius 2 is 1.65 bits per heavy atom. The second kappa shape index (κ2) is 5.24. The summed E-state index contributed by atoms with van der Waals surface area (Å²) in [5.41, 5.74) is 2.40. The molecule has 0 bridgehead atoms. The minimum atomic E-state index is -0.00417. The molecule has 2 aromatic rings. The van der Waals surface area contributed by atoms with E-state index in [-0.39, 0.29) is 6.10 Å². The zero-order valence-electron chi connectivity index (χ0n) is 9.98. The van der Waals surface area contributed by atoms with Crippen molar-refractivity contribution in [1.82, 2.24) is 0 Å².